The van der Waals surface area contributed by atoms with E-state index in [1.54, 1.807) is 19.4 Å². The highest BCUT2D eigenvalue weighted by atomic mass is 16.5. The third-order valence-corrected chi connectivity index (χ3v) is 2.46. The molecule has 0 amide bonds. The molecule has 0 spiro atoms. The molecule has 5 heteroatoms. The van der Waals surface area contributed by atoms with Crippen molar-refractivity contribution in [1.29, 1.82) is 0 Å². The molecular weight excluding hydrogens is 216 g/mol. The molecule has 0 aliphatic heterocycles. The molecule has 0 unspecified atom stereocenters. The number of nitrogens with zero attached hydrogens (tertiary/aromatic N) is 3. The zero-order valence-electron chi connectivity index (χ0n) is 9.84. The fourth-order valence-electron chi connectivity index (χ4n) is 1.42. The second-order valence-electron chi connectivity index (χ2n) is 3.60. The molecule has 0 fully saturated rings. The van der Waals surface area contributed by atoms with Gasteiger partial charge in [0.05, 0.1) is 7.11 Å². The van der Waals surface area contributed by atoms with Crippen LogP contribution in [-0.2, 0) is 6.54 Å². The number of methoxy groups -OCH3 is 1. The number of pyridine rings is 1. The van der Waals surface area contributed by atoms with Gasteiger partial charge in [-0.2, -0.15) is 0 Å². The van der Waals surface area contributed by atoms with Gasteiger partial charge in [-0.1, -0.05) is 0 Å². The van der Waals surface area contributed by atoms with Crippen molar-refractivity contribution in [3.63, 3.8) is 0 Å². The van der Waals surface area contributed by atoms with Gasteiger partial charge in [0.15, 0.2) is 0 Å². The van der Waals surface area contributed by atoms with Crippen molar-refractivity contribution in [3.05, 3.63) is 42.0 Å². The number of rotatable bonds is 4. The highest BCUT2D eigenvalue weighted by molar-refractivity contribution is 5.38. The summed E-state index contributed by atoms with van der Waals surface area (Å²) >= 11 is 0. The maximum atomic E-state index is 5.03. The molecule has 0 radical (unpaired) electrons. The maximum Gasteiger partial charge on any atom is 0.218 e. The largest absolute Gasteiger partial charge is 0.481 e. The number of anilines is 1. The van der Waals surface area contributed by atoms with E-state index < -0.39 is 0 Å². The molecule has 2 aromatic rings. The van der Waals surface area contributed by atoms with Gasteiger partial charge in [-0.25, -0.2) is 9.97 Å². The Hall–Kier alpha value is -2.17. The number of hydrogen-bond donors (Lipinski definition) is 1. The van der Waals surface area contributed by atoms with Gasteiger partial charge in [-0.3, -0.25) is 4.98 Å². The minimum atomic E-state index is 0.547. The van der Waals surface area contributed by atoms with Crippen LogP contribution >= 0.6 is 0 Å². The van der Waals surface area contributed by atoms with Crippen molar-refractivity contribution in [2.75, 3.05) is 12.4 Å². The van der Waals surface area contributed by atoms with Gasteiger partial charge in [0.1, 0.15) is 12.1 Å². The summed E-state index contributed by atoms with van der Waals surface area (Å²) in [6.45, 7) is 2.74. The molecule has 2 heterocycles. The zero-order chi connectivity index (χ0) is 12.1. The van der Waals surface area contributed by atoms with E-state index in [9.17, 15) is 0 Å². The van der Waals surface area contributed by atoms with Gasteiger partial charge < -0.3 is 10.1 Å². The summed E-state index contributed by atoms with van der Waals surface area (Å²) in [5.74, 6) is 1.28. The number of aromatic nitrogens is 3. The van der Waals surface area contributed by atoms with Gasteiger partial charge >= 0.3 is 0 Å². The Morgan fingerprint density at radius 2 is 2.24 bits per heavy atom. The van der Waals surface area contributed by atoms with Gasteiger partial charge in [0, 0.05) is 25.0 Å². The smallest absolute Gasteiger partial charge is 0.218 e. The molecule has 0 saturated heterocycles. The first-order chi connectivity index (χ1) is 8.29. The summed E-state index contributed by atoms with van der Waals surface area (Å²) in [6.07, 6.45) is 5.10. The van der Waals surface area contributed by atoms with Crippen LogP contribution < -0.4 is 10.1 Å². The molecule has 2 rings (SSSR count). The fraction of sp³-hybridized carbons (Fsp3) is 0.250. The van der Waals surface area contributed by atoms with Crippen molar-refractivity contribution < 1.29 is 4.74 Å². The van der Waals surface area contributed by atoms with E-state index in [0.29, 0.717) is 12.4 Å². The Kier molecular flexibility index (Phi) is 3.49. The molecule has 0 aliphatic rings. The molecule has 0 atom stereocenters. The lowest BCUT2D eigenvalue weighted by Gasteiger charge is -2.08. The minimum Gasteiger partial charge on any atom is -0.481 e. The molecule has 88 valence electrons. The lowest BCUT2D eigenvalue weighted by molar-refractivity contribution is 0.397. The highest BCUT2D eigenvalue weighted by Crippen LogP contribution is 2.12. The van der Waals surface area contributed by atoms with Crippen LogP contribution in [0.3, 0.4) is 0 Å². The SMILES string of the molecule is COc1cc(NCc2cnccc2C)ncn1. The van der Waals surface area contributed by atoms with Crippen LogP contribution in [0.1, 0.15) is 11.1 Å². The summed E-state index contributed by atoms with van der Waals surface area (Å²) in [5.41, 5.74) is 2.35. The van der Waals surface area contributed by atoms with Crippen LogP contribution in [0.25, 0.3) is 0 Å². The Bertz CT molecular complexity index is 501. The average Bonchev–Trinajstić information content (AvgIpc) is 2.38. The molecule has 0 bridgehead atoms. The third-order valence-electron chi connectivity index (χ3n) is 2.46. The van der Waals surface area contributed by atoms with Crippen LogP contribution in [0.4, 0.5) is 5.82 Å². The van der Waals surface area contributed by atoms with E-state index in [0.717, 1.165) is 11.4 Å². The van der Waals surface area contributed by atoms with Crippen molar-refractivity contribution in [3.8, 4) is 5.88 Å². The monoisotopic (exact) mass is 230 g/mol. The normalized spacial score (nSPS) is 10.0. The van der Waals surface area contributed by atoms with E-state index in [1.807, 2.05) is 12.3 Å². The van der Waals surface area contributed by atoms with Crippen LogP contribution in [0.5, 0.6) is 5.88 Å². The first-order valence-corrected chi connectivity index (χ1v) is 5.29. The van der Waals surface area contributed by atoms with E-state index in [4.69, 9.17) is 4.74 Å². The number of nitrogens with one attached hydrogen (secondary N) is 1. The summed E-state index contributed by atoms with van der Waals surface area (Å²) < 4.78 is 5.03. The lowest BCUT2D eigenvalue weighted by atomic mass is 10.1. The summed E-state index contributed by atoms with van der Waals surface area (Å²) in [6, 6.07) is 3.74. The summed E-state index contributed by atoms with van der Waals surface area (Å²) in [7, 11) is 1.58. The Morgan fingerprint density at radius 3 is 3.00 bits per heavy atom. The predicted octanol–water partition coefficient (Wildman–Crippen LogP) is 1.80. The zero-order valence-corrected chi connectivity index (χ0v) is 9.84. The minimum absolute atomic E-state index is 0.547. The Labute approximate surface area is 99.9 Å². The van der Waals surface area contributed by atoms with Crippen LogP contribution in [0.15, 0.2) is 30.9 Å². The predicted molar refractivity (Wildman–Crippen MR) is 64.9 cm³/mol. The molecule has 0 saturated carbocycles. The van der Waals surface area contributed by atoms with E-state index in [2.05, 4.69) is 27.2 Å². The van der Waals surface area contributed by atoms with Crippen molar-refractivity contribution in [1.82, 2.24) is 15.0 Å². The molecule has 1 N–H and O–H groups in total. The fourth-order valence-corrected chi connectivity index (χ4v) is 1.42. The highest BCUT2D eigenvalue weighted by Gasteiger charge is 2.00. The van der Waals surface area contributed by atoms with Gasteiger partial charge in [0.2, 0.25) is 5.88 Å². The molecule has 17 heavy (non-hydrogen) atoms. The van der Waals surface area contributed by atoms with E-state index in [1.165, 1.54) is 11.9 Å². The van der Waals surface area contributed by atoms with Crippen molar-refractivity contribution in [2.45, 2.75) is 13.5 Å². The maximum absolute atomic E-state index is 5.03. The van der Waals surface area contributed by atoms with Crippen LogP contribution in [-0.4, -0.2) is 22.1 Å². The molecule has 0 aromatic carbocycles. The second kappa shape index (κ2) is 5.25. The van der Waals surface area contributed by atoms with E-state index in [-0.39, 0.29) is 0 Å². The van der Waals surface area contributed by atoms with Crippen molar-refractivity contribution >= 4 is 5.82 Å². The van der Waals surface area contributed by atoms with Gasteiger partial charge in [0.25, 0.3) is 0 Å². The molecule has 0 aliphatic carbocycles. The third kappa shape index (κ3) is 2.90. The lowest BCUT2D eigenvalue weighted by Crippen LogP contribution is -2.04. The molecule has 5 nitrogen and oxygen atoms in total. The molecular formula is C12H14N4O. The van der Waals surface area contributed by atoms with Crippen LogP contribution in [0.2, 0.25) is 0 Å². The standard InChI is InChI=1S/C12H14N4O/c1-9-3-4-13-6-10(9)7-14-11-5-12(17-2)16-8-15-11/h3-6,8H,7H2,1-2H3,(H,14,15,16). The van der Waals surface area contributed by atoms with Gasteiger partial charge in [-0.05, 0) is 24.1 Å². The average molecular weight is 230 g/mol. The summed E-state index contributed by atoms with van der Waals surface area (Å²) in [4.78, 5) is 12.1. The first-order valence-electron chi connectivity index (χ1n) is 5.29. The van der Waals surface area contributed by atoms with E-state index >= 15 is 0 Å². The number of ether oxygens (including phenoxy) is 1. The number of hydrogen-bond acceptors (Lipinski definition) is 5. The number of aryl methyl sites for hydroxylation is 1. The topological polar surface area (TPSA) is 59.9 Å². The quantitative estimate of drug-likeness (QED) is 0.867. The molecule has 2 aromatic heterocycles. The Balaban J connectivity index is 2.05. The summed E-state index contributed by atoms with van der Waals surface area (Å²) in [5, 5.41) is 3.21. The van der Waals surface area contributed by atoms with Gasteiger partial charge in [-0.15, -0.1) is 0 Å². The Morgan fingerprint density at radius 1 is 1.35 bits per heavy atom. The van der Waals surface area contributed by atoms with Crippen molar-refractivity contribution in [2.24, 2.45) is 0 Å². The second-order valence-corrected chi connectivity index (χ2v) is 3.60. The first kappa shape index (κ1) is 11.3. The van der Waals surface area contributed by atoms with Crippen LogP contribution in [0, 0.1) is 6.92 Å².